The van der Waals surface area contributed by atoms with Gasteiger partial charge in [0.1, 0.15) is 0 Å². The maximum absolute atomic E-state index is 2.65. The van der Waals surface area contributed by atoms with E-state index in [0.717, 1.165) is 0 Å². The van der Waals surface area contributed by atoms with Crippen LogP contribution in [0.3, 0.4) is 0 Å². The summed E-state index contributed by atoms with van der Waals surface area (Å²) in [6.07, 6.45) is 10.5. The van der Waals surface area contributed by atoms with Crippen molar-refractivity contribution >= 4 is 6.08 Å². The second-order valence-electron chi connectivity index (χ2n) is 6.59. The molecule has 0 atom stereocenters. The molecule has 0 unspecified atom stereocenters. The van der Waals surface area contributed by atoms with Crippen LogP contribution in [-0.2, 0) is 6.42 Å². The summed E-state index contributed by atoms with van der Waals surface area (Å²) in [5.74, 6) is 0. The van der Waals surface area contributed by atoms with Gasteiger partial charge in [0, 0.05) is 6.54 Å². The lowest BCUT2D eigenvalue weighted by Gasteiger charge is -2.27. The molecule has 0 amide bonds. The molecule has 1 heterocycles. The van der Waals surface area contributed by atoms with E-state index in [1.807, 2.05) is 0 Å². The second-order valence-corrected chi connectivity index (χ2v) is 6.59. The fourth-order valence-electron chi connectivity index (χ4n) is 3.52. The highest BCUT2D eigenvalue weighted by Crippen LogP contribution is 2.28. The van der Waals surface area contributed by atoms with Crippen molar-refractivity contribution < 1.29 is 0 Å². The summed E-state index contributed by atoms with van der Waals surface area (Å²) in [4.78, 5) is 2.65. The number of hydrogen-bond donors (Lipinski definition) is 0. The predicted molar refractivity (Wildman–Crippen MR) is 87.1 cm³/mol. The van der Waals surface area contributed by atoms with Crippen LogP contribution in [0.5, 0.6) is 0 Å². The van der Waals surface area contributed by atoms with Crippen LogP contribution in [0.4, 0.5) is 0 Å². The van der Waals surface area contributed by atoms with Gasteiger partial charge in [-0.05, 0) is 81.3 Å². The Balaban J connectivity index is 1.65. The van der Waals surface area contributed by atoms with Crippen molar-refractivity contribution in [1.82, 2.24) is 4.90 Å². The van der Waals surface area contributed by atoms with Gasteiger partial charge in [0.25, 0.3) is 0 Å². The summed E-state index contributed by atoms with van der Waals surface area (Å²) >= 11 is 0. The number of hydrogen-bond acceptors (Lipinski definition) is 1. The molecule has 1 saturated heterocycles. The molecule has 0 radical (unpaired) electrons. The highest BCUT2D eigenvalue weighted by molar-refractivity contribution is 5.61. The van der Waals surface area contributed by atoms with Crippen molar-refractivity contribution in [1.29, 1.82) is 0 Å². The SMILES string of the molecule is Cc1cc2c(cc1C)CCC(CCN1CCCCC1)=C2. The fraction of sp³-hybridized carbons (Fsp3) is 0.579. The Morgan fingerprint density at radius 3 is 2.50 bits per heavy atom. The first kappa shape index (κ1) is 13.9. The predicted octanol–water partition coefficient (Wildman–Crippen LogP) is 4.51. The van der Waals surface area contributed by atoms with Crippen molar-refractivity contribution in [3.05, 3.63) is 40.0 Å². The van der Waals surface area contributed by atoms with Crippen molar-refractivity contribution in [3.63, 3.8) is 0 Å². The Labute approximate surface area is 123 Å². The van der Waals surface area contributed by atoms with Gasteiger partial charge in [0.2, 0.25) is 0 Å². The number of aryl methyl sites for hydroxylation is 3. The van der Waals surface area contributed by atoms with Crippen LogP contribution in [-0.4, -0.2) is 24.5 Å². The zero-order valence-corrected chi connectivity index (χ0v) is 13.0. The Hall–Kier alpha value is -1.08. The number of nitrogens with zero attached hydrogens (tertiary/aromatic N) is 1. The fourth-order valence-corrected chi connectivity index (χ4v) is 3.52. The number of benzene rings is 1. The maximum Gasteiger partial charge on any atom is 0.00187 e. The summed E-state index contributed by atoms with van der Waals surface area (Å²) in [7, 11) is 0. The van der Waals surface area contributed by atoms with E-state index in [4.69, 9.17) is 0 Å². The lowest BCUT2D eigenvalue weighted by atomic mass is 9.88. The molecule has 2 aliphatic rings. The van der Waals surface area contributed by atoms with Crippen molar-refractivity contribution in [3.8, 4) is 0 Å². The van der Waals surface area contributed by atoms with Crippen LogP contribution >= 0.6 is 0 Å². The van der Waals surface area contributed by atoms with Gasteiger partial charge in [0.05, 0.1) is 0 Å². The van der Waals surface area contributed by atoms with Gasteiger partial charge >= 0.3 is 0 Å². The smallest absolute Gasteiger partial charge is 0.00187 e. The Morgan fingerprint density at radius 2 is 1.70 bits per heavy atom. The molecule has 1 aromatic carbocycles. The monoisotopic (exact) mass is 269 g/mol. The first-order chi connectivity index (χ1) is 9.72. The quantitative estimate of drug-likeness (QED) is 0.780. The van der Waals surface area contributed by atoms with E-state index in [9.17, 15) is 0 Å². The molecule has 1 aliphatic carbocycles. The van der Waals surface area contributed by atoms with Crippen molar-refractivity contribution in [2.24, 2.45) is 0 Å². The Bertz CT molecular complexity index is 507. The van der Waals surface area contributed by atoms with Crippen molar-refractivity contribution in [2.45, 2.75) is 52.4 Å². The minimum Gasteiger partial charge on any atom is -0.303 e. The highest BCUT2D eigenvalue weighted by atomic mass is 15.1. The molecule has 1 aliphatic heterocycles. The van der Waals surface area contributed by atoms with Crippen LogP contribution in [0.1, 0.15) is 54.4 Å². The standard InChI is InChI=1S/C19H27N/c1-15-12-18-7-6-17(14-19(18)13-16(15)2)8-11-20-9-4-3-5-10-20/h12-14H,3-11H2,1-2H3. The maximum atomic E-state index is 2.65. The third kappa shape index (κ3) is 3.15. The van der Waals surface area contributed by atoms with E-state index in [1.165, 1.54) is 74.8 Å². The summed E-state index contributed by atoms with van der Waals surface area (Å²) in [5.41, 5.74) is 7.56. The van der Waals surface area contributed by atoms with E-state index in [0.29, 0.717) is 0 Å². The van der Waals surface area contributed by atoms with Crippen molar-refractivity contribution in [2.75, 3.05) is 19.6 Å². The van der Waals surface area contributed by atoms with Gasteiger partial charge in [-0.1, -0.05) is 30.2 Å². The van der Waals surface area contributed by atoms with E-state index in [-0.39, 0.29) is 0 Å². The number of rotatable bonds is 3. The summed E-state index contributed by atoms with van der Waals surface area (Å²) in [6, 6.07) is 4.77. The molecular formula is C19H27N. The van der Waals surface area contributed by atoms with E-state index in [2.05, 4.69) is 37.0 Å². The molecule has 0 saturated carbocycles. The molecule has 1 fully saturated rings. The topological polar surface area (TPSA) is 3.24 Å². The zero-order valence-electron chi connectivity index (χ0n) is 13.0. The first-order valence-electron chi connectivity index (χ1n) is 8.24. The largest absolute Gasteiger partial charge is 0.303 e. The molecule has 0 aromatic heterocycles. The number of fused-ring (bicyclic) bond motifs is 1. The zero-order chi connectivity index (χ0) is 13.9. The van der Waals surface area contributed by atoms with Gasteiger partial charge < -0.3 is 4.90 Å². The molecule has 3 rings (SSSR count). The molecule has 0 spiro atoms. The summed E-state index contributed by atoms with van der Waals surface area (Å²) in [6.45, 7) is 8.37. The van der Waals surface area contributed by atoms with Gasteiger partial charge in [-0.25, -0.2) is 0 Å². The van der Waals surface area contributed by atoms with Gasteiger partial charge in [-0.15, -0.1) is 0 Å². The van der Waals surface area contributed by atoms with Crippen LogP contribution in [0.15, 0.2) is 17.7 Å². The molecule has 0 bridgehead atoms. The van der Waals surface area contributed by atoms with Crippen LogP contribution < -0.4 is 0 Å². The lowest BCUT2D eigenvalue weighted by molar-refractivity contribution is 0.231. The molecule has 108 valence electrons. The molecule has 20 heavy (non-hydrogen) atoms. The van der Waals surface area contributed by atoms with Crippen LogP contribution in [0.2, 0.25) is 0 Å². The molecule has 1 aromatic rings. The van der Waals surface area contributed by atoms with Gasteiger partial charge in [0.15, 0.2) is 0 Å². The van der Waals surface area contributed by atoms with E-state index in [1.54, 1.807) is 11.1 Å². The van der Waals surface area contributed by atoms with Gasteiger partial charge in [-0.3, -0.25) is 0 Å². The van der Waals surface area contributed by atoms with E-state index >= 15 is 0 Å². The molecule has 1 nitrogen and oxygen atoms in total. The Morgan fingerprint density at radius 1 is 0.950 bits per heavy atom. The number of piperidine rings is 1. The number of likely N-dealkylation sites (tertiary alicyclic amines) is 1. The molecule has 0 N–H and O–H groups in total. The Kier molecular flexibility index (Phi) is 4.26. The average Bonchev–Trinajstić information content (AvgIpc) is 2.47. The third-order valence-corrected chi connectivity index (χ3v) is 5.03. The average molecular weight is 269 g/mol. The van der Waals surface area contributed by atoms with Crippen LogP contribution in [0, 0.1) is 13.8 Å². The van der Waals surface area contributed by atoms with Crippen LogP contribution in [0.25, 0.3) is 6.08 Å². The molecular weight excluding hydrogens is 242 g/mol. The normalized spacial score (nSPS) is 19.6. The third-order valence-electron chi connectivity index (χ3n) is 5.03. The van der Waals surface area contributed by atoms with Gasteiger partial charge in [-0.2, -0.15) is 0 Å². The highest BCUT2D eigenvalue weighted by Gasteiger charge is 2.14. The minimum absolute atomic E-state index is 1.24. The minimum atomic E-state index is 1.24. The van der Waals surface area contributed by atoms with E-state index < -0.39 is 0 Å². The lowest BCUT2D eigenvalue weighted by Crippen LogP contribution is -2.30. The second kappa shape index (κ2) is 6.13. The summed E-state index contributed by atoms with van der Waals surface area (Å²) < 4.78 is 0. The summed E-state index contributed by atoms with van der Waals surface area (Å²) in [5, 5.41) is 0. The first-order valence-corrected chi connectivity index (χ1v) is 8.24. The molecule has 1 heteroatoms.